The highest BCUT2D eigenvalue weighted by molar-refractivity contribution is 7.14. The first-order valence-corrected chi connectivity index (χ1v) is 8.20. The Bertz CT molecular complexity index is 521. The summed E-state index contributed by atoms with van der Waals surface area (Å²) in [5.41, 5.74) is 0.868. The molecule has 1 aromatic heterocycles. The summed E-state index contributed by atoms with van der Waals surface area (Å²) in [7, 11) is 0. The van der Waals surface area contributed by atoms with Crippen LogP contribution in [-0.2, 0) is 9.57 Å². The van der Waals surface area contributed by atoms with Crippen LogP contribution in [-0.4, -0.2) is 54.2 Å². The Hall–Kier alpha value is -1.60. The third-order valence-electron chi connectivity index (χ3n) is 3.54. The smallest absolute Gasteiger partial charge is 0.407 e. The number of carbonyl (C=O) groups is 1. The second-order valence-electron chi connectivity index (χ2n) is 5.26. The van der Waals surface area contributed by atoms with Gasteiger partial charge in [-0.15, -0.1) is 11.3 Å². The highest BCUT2D eigenvalue weighted by atomic mass is 32.1. The van der Waals surface area contributed by atoms with Crippen LogP contribution < -0.4 is 0 Å². The molecule has 0 aromatic carbocycles. The van der Waals surface area contributed by atoms with E-state index in [-0.39, 0.29) is 6.10 Å². The molecule has 1 amide bonds. The van der Waals surface area contributed by atoms with Gasteiger partial charge in [0.2, 0.25) is 0 Å². The van der Waals surface area contributed by atoms with Crippen molar-refractivity contribution in [3.05, 3.63) is 21.9 Å². The summed E-state index contributed by atoms with van der Waals surface area (Å²) in [5, 5.41) is 13.0. The average molecular weight is 326 g/mol. The maximum atomic E-state index is 10.8. The number of amides is 1. The molecule has 7 heteroatoms. The predicted molar refractivity (Wildman–Crippen MR) is 85.8 cm³/mol. The number of aryl methyl sites for hydroxylation is 1. The van der Waals surface area contributed by atoms with Crippen LogP contribution in [0.1, 0.15) is 29.5 Å². The van der Waals surface area contributed by atoms with Gasteiger partial charge < -0.3 is 19.6 Å². The molecule has 2 rings (SSSR count). The van der Waals surface area contributed by atoms with E-state index in [0.717, 1.165) is 23.4 Å². The van der Waals surface area contributed by atoms with Crippen LogP contribution in [0.5, 0.6) is 0 Å². The van der Waals surface area contributed by atoms with Crippen molar-refractivity contribution in [1.82, 2.24) is 4.90 Å². The lowest BCUT2D eigenvalue weighted by molar-refractivity contribution is -0.0192. The van der Waals surface area contributed by atoms with E-state index in [9.17, 15) is 4.79 Å². The quantitative estimate of drug-likeness (QED) is 0.495. The Morgan fingerprint density at radius 1 is 1.41 bits per heavy atom. The summed E-state index contributed by atoms with van der Waals surface area (Å²) in [6, 6.07) is 4.10. The monoisotopic (exact) mass is 326 g/mol. The minimum atomic E-state index is -0.851. The molecule has 0 unspecified atom stereocenters. The number of thiophene rings is 1. The highest BCUT2D eigenvalue weighted by Gasteiger charge is 2.22. The van der Waals surface area contributed by atoms with Gasteiger partial charge >= 0.3 is 6.09 Å². The molecule has 1 aromatic rings. The summed E-state index contributed by atoms with van der Waals surface area (Å²) in [4.78, 5) is 19.9. The van der Waals surface area contributed by atoms with Crippen LogP contribution in [0.4, 0.5) is 4.79 Å². The van der Waals surface area contributed by atoms with Crippen molar-refractivity contribution < 1.29 is 19.5 Å². The van der Waals surface area contributed by atoms with Crippen LogP contribution in [0.25, 0.3) is 0 Å². The summed E-state index contributed by atoms with van der Waals surface area (Å²) >= 11 is 1.69. The zero-order valence-electron chi connectivity index (χ0n) is 12.9. The van der Waals surface area contributed by atoms with Crippen molar-refractivity contribution in [2.75, 3.05) is 26.3 Å². The number of likely N-dealkylation sites (tertiary alicyclic amines) is 1. The van der Waals surface area contributed by atoms with E-state index in [2.05, 4.69) is 18.1 Å². The molecule has 1 saturated heterocycles. The molecular weight excluding hydrogens is 304 g/mol. The van der Waals surface area contributed by atoms with Crippen LogP contribution >= 0.6 is 11.3 Å². The Kier molecular flexibility index (Phi) is 6.21. The fourth-order valence-electron chi connectivity index (χ4n) is 2.28. The molecule has 2 heterocycles. The minimum absolute atomic E-state index is 0.115. The number of hydrogen-bond donors (Lipinski definition) is 1. The molecule has 0 bridgehead atoms. The summed E-state index contributed by atoms with van der Waals surface area (Å²) in [5.74, 6) is 0. The molecule has 0 radical (unpaired) electrons. The maximum absolute atomic E-state index is 10.8. The molecule has 0 spiro atoms. The van der Waals surface area contributed by atoms with Crippen LogP contribution in [0.3, 0.4) is 0 Å². The molecular formula is C15H22N2O4S. The van der Waals surface area contributed by atoms with Gasteiger partial charge in [-0.2, -0.15) is 0 Å². The van der Waals surface area contributed by atoms with Crippen molar-refractivity contribution >= 4 is 23.1 Å². The Balaban J connectivity index is 1.61. The molecule has 1 N–H and O–H groups in total. The third-order valence-corrected chi connectivity index (χ3v) is 4.65. The lowest BCUT2D eigenvalue weighted by Gasteiger charge is -2.29. The molecule has 1 aliphatic rings. The van der Waals surface area contributed by atoms with Gasteiger partial charge in [-0.3, -0.25) is 0 Å². The first-order chi connectivity index (χ1) is 10.6. The summed E-state index contributed by atoms with van der Waals surface area (Å²) in [6.45, 7) is 5.93. The van der Waals surface area contributed by atoms with Gasteiger partial charge in [0, 0.05) is 18.0 Å². The fraction of sp³-hybridized carbons (Fsp3) is 0.600. The Labute approximate surface area is 134 Å². The molecule has 0 atom stereocenters. The Morgan fingerprint density at radius 3 is 2.73 bits per heavy atom. The second-order valence-corrected chi connectivity index (χ2v) is 6.55. The van der Waals surface area contributed by atoms with Crippen molar-refractivity contribution in [1.29, 1.82) is 0 Å². The van der Waals surface area contributed by atoms with Crippen molar-refractivity contribution in [2.24, 2.45) is 5.16 Å². The SMILES string of the molecule is CC(=NOCCOC1CCN(C(=O)O)CC1)c1ccc(C)s1. The molecule has 0 saturated carbocycles. The number of ether oxygens (including phenoxy) is 1. The summed E-state index contributed by atoms with van der Waals surface area (Å²) in [6.07, 6.45) is 0.742. The number of hydrogen-bond acceptors (Lipinski definition) is 5. The van der Waals surface area contributed by atoms with E-state index in [1.54, 1.807) is 11.3 Å². The van der Waals surface area contributed by atoms with Crippen molar-refractivity contribution in [3.8, 4) is 0 Å². The van der Waals surface area contributed by atoms with E-state index in [1.807, 2.05) is 13.0 Å². The molecule has 0 aliphatic carbocycles. The topological polar surface area (TPSA) is 71.4 Å². The van der Waals surface area contributed by atoms with Gasteiger partial charge in [-0.05, 0) is 38.8 Å². The number of rotatable bonds is 6. The minimum Gasteiger partial charge on any atom is -0.465 e. The van der Waals surface area contributed by atoms with Crippen molar-refractivity contribution in [3.63, 3.8) is 0 Å². The van der Waals surface area contributed by atoms with E-state index in [0.29, 0.717) is 26.3 Å². The predicted octanol–water partition coefficient (Wildman–Crippen LogP) is 2.96. The van der Waals surface area contributed by atoms with Gasteiger partial charge in [-0.1, -0.05) is 5.16 Å². The van der Waals surface area contributed by atoms with E-state index >= 15 is 0 Å². The first kappa shape index (κ1) is 16.8. The first-order valence-electron chi connectivity index (χ1n) is 7.39. The molecule has 1 fully saturated rings. The Morgan fingerprint density at radius 2 is 2.14 bits per heavy atom. The van der Waals surface area contributed by atoms with Crippen LogP contribution in [0.2, 0.25) is 0 Å². The molecule has 1 aliphatic heterocycles. The zero-order chi connectivity index (χ0) is 15.9. The van der Waals surface area contributed by atoms with E-state index < -0.39 is 6.09 Å². The van der Waals surface area contributed by atoms with Crippen molar-refractivity contribution in [2.45, 2.75) is 32.8 Å². The van der Waals surface area contributed by atoms with E-state index in [1.165, 1.54) is 9.78 Å². The van der Waals surface area contributed by atoms with Gasteiger partial charge in [0.25, 0.3) is 0 Å². The van der Waals surface area contributed by atoms with Crippen LogP contribution in [0, 0.1) is 6.92 Å². The lowest BCUT2D eigenvalue weighted by atomic mass is 10.1. The fourth-order valence-corrected chi connectivity index (χ4v) is 3.09. The number of piperidine rings is 1. The zero-order valence-corrected chi connectivity index (χ0v) is 13.8. The normalized spacial score (nSPS) is 16.8. The maximum Gasteiger partial charge on any atom is 0.407 e. The summed E-state index contributed by atoms with van der Waals surface area (Å²) < 4.78 is 5.69. The molecule has 122 valence electrons. The second kappa shape index (κ2) is 8.14. The van der Waals surface area contributed by atoms with Gasteiger partial charge in [0.05, 0.1) is 23.3 Å². The largest absolute Gasteiger partial charge is 0.465 e. The third kappa shape index (κ3) is 4.99. The van der Waals surface area contributed by atoms with Gasteiger partial charge in [-0.25, -0.2) is 4.79 Å². The lowest BCUT2D eigenvalue weighted by Crippen LogP contribution is -2.40. The molecule has 6 nitrogen and oxygen atoms in total. The number of oxime groups is 1. The number of nitrogens with zero attached hydrogens (tertiary/aromatic N) is 2. The average Bonchev–Trinajstić information content (AvgIpc) is 2.94. The standard InChI is InChI=1S/C15H22N2O4S/c1-11-3-4-14(22-11)12(2)16-21-10-9-20-13-5-7-17(8-6-13)15(18)19/h3-4,13H,5-10H2,1-2H3,(H,18,19). The van der Waals surface area contributed by atoms with Crippen LogP contribution in [0.15, 0.2) is 17.3 Å². The highest BCUT2D eigenvalue weighted by Crippen LogP contribution is 2.16. The van der Waals surface area contributed by atoms with E-state index in [4.69, 9.17) is 14.7 Å². The van der Waals surface area contributed by atoms with Gasteiger partial charge in [0.1, 0.15) is 6.61 Å². The number of carboxylic acid groups (broad SMARTS) is 1. The molecule has 22 heavy (non-hydrogen) atoms. The van der Waals surface area contributed by atoms with Gasteiger partial charge in [0.15, 0.2) is 0 Å².